The van der Waals surface area contributed by atoms with Crippen LogP contribution in [0.3, 0.4) is 0 Å². The molecular formula is C23H28N2O. The molecule has 4 rings (SSSR count). The summed E-state index contributed by atoms with van der Waals surface area (Å²) in [6.07, 6.45) is 5.01. The van der Waals surface area contributed by atoms with E-state index in [0.717, 1.165) is 25.2 Å². The molecule has 0 unspecified atom stereocenters. The number of hydrogen-bond donors (Lipinski definition) is 1. The molecule has 2 aromatic rings. The van der Waals surface area contributed by atoms with Crippen molar-refractivity contribution in [1.82, 2.24) is 10.2 Å². The minimum atomic E-state index is 0.164. The third kappa shape index (κ3) is 3.99. The van der Waals surface area contributed by atoms with Crippen LogP contribution in [0.4, 0.5) is 0 Å². The lowest BCUT2D eigenvalue weighted by molar-refractivity contribution is 0.0679. The first kappa shape index (κ1) is 17.3. The van der Waals surface area contributed by atoms with Gasteiger partial charge in [-0.05, 0) is 60.9 Å². The molecule has 0 bridgehead atoms. The van der Waals surface area contributed by atoms with Gasteiger partial charge in [0.15, 0.2) is 0 Å². The van der Waals surface area contributed by atoms with Gasteiger partial charge in [-0.2, -0.15) is 0 Å². The van der Waals surface area contributed by atoms with Crippen LogP contribution in [-0.4, -0.2) is 30.4 Å². The second-order valence-electron chi connectivity index (χ2n) is 7.78. The van der Waals surface area contributed by atoms with Crippen molar-refractivity contribution in [3.05, 3.63) is 71.3 Å². The highest BCUT2D eigenvalue weighted by Gasteiger charge is 2.25. The fourth-order valence-electron chi connectivity index (χ4n) is 4.03. The molecule has 1 heterocycles. The minimum absolute atomic E-state index is 0.164. The topological polar surface area (TPSA) is 32.3 Å². The van der Waals surface area contributed by atoms with E-state index >= 15 is 0 Å². The Bertz CT molecular complexity index is 716. The first-order valence-corrected chi connectivity index (χ1v) is 9.93. The summed E-state index contributed by atoms with van der Waals surface area (Å²) in [7, 11) is 0. The number of rotatable bonds is 6. The van der Waals surface area contributed by atoms with Gasteiger partial charge in [0, 0.05) is 25.2 Å². The molecule has 1 N–H and O–H groups in total. The van der Waals surface area contributed by atoms with E-state index in [1.807, 2.05) is 35.2 Å². The molecule has 3 nitrogen and oxygen atoms in total. The van der Waals surface area contributed by atoms with Crippen LogP contribution >= 0.6 is 0 Å². The van der Waals surface area contributed by atoms with E-state index in [1.165, 1.54) is 36.8 Å². The third-order valence-electron chi connectivity index (χ3n) is 5.90. The molecule has 1 atom stereocenters. The largest absolute Gasteiger partial charge is 0.334 e. The van der Waals surface area contributed by atoms with Crippen molar-refractivity contribution in [2.75, 3.05) is 19.6 Å². The molecular weight excluding hydrogens is 320 g/mol. The van der Waals surface area contributed by atoms with E-state index < -0.39 is 0 Å². The van der Waals surface area contributed by atoms with E-state index in [1.54, 1.807) is 0 Å². The molecule has 1 aliphatic carbocycles. The molecule has 3 heteroatoms. The summed E-state index contributed by atoms with van der Waals surface area (Å²) in [6, 6.07) is 18.7. The number of nitrogens with one attached hydrogen (secondary N) is 1. The maximum atomic E-state index is 13.2. The number of amides is 1. The quantitative estimate of drug-likeness (QED) is 0.848. The summed E-state index contributed by atoms with van der Waals surface area (Å²) >= 11 is 0. The number of benzene rings is 2. The lowest BCUT2D eigenvalue weighted by atomic mass is 9.85. The van der Waals surface area contributed by atoms with Gasteiger partial charge in [-0.15, -0.1) is 0 Å². The first-order chi connectivity index (χ1) is 12.8. The van der Waals surface area contributed by atoms with E-state index in [4.69, 9.17) is 0 Å². The summed E-state index contributed by atoms with van der Waals surface area (Å²) in [5, 5.41) is 3.41. The Kier molecular flexibility index (Phi) is 5.35. The highest BCUT2D eigenvalue weighted by Crippen LogP contribution is 2.28. The zero-order valence-corrected chi connectivity index (χ0v) is 15.4. The van der Waals surface area contributed by atoms with Crippen molar-refractivity contribution in [3.8, 4) is 0 Å². The van der Waals surface area contributed by atoms with Crippen LogP contribution in [0.25, 0.3) is 0 Å². The van der Waals surface area contributed by atoms with Crippen molar-refractivity contribution < 1.29 is 4.79 Å². The van der Waals surface area contributed by atoms with Crippen molar-refractivity contribution in [2.45, 2.75) is 38.1 Å². The summed E-state index contributed by atoms with van der Waals surface area (Å²) < 4.78 is 0. The highest BCUT2D eigenvalue weighted by atomic mass is 16.2. The molecule has 1 saturated carbocycles. The maximum absolute atomic E-state index is 13.2. The van der Waals surface area contributed by atoms with E-state index in [2.05, 4.69) is 29.6 Å². The van der Waals surface area contributed by atoms with Crippen LogP contribution in [-0.2, 0) is 6.54 Å². The summed E-state index contributed by atoms with van der Waals surface area (Å²) in [5.41, 5.74) is 3.36. The van der Waals surface area contributed by atoms with Gasteiger partial charge in [-0.25, -0.2) is 0 Å². The second kappa shape index (κ2) is 8.05. The van der Waals surface area contributed by atoms with Crippen molar-refractivity contribution in [1.29, 1.82) is 0 Å². The standard InChI is InChI=1S/C23H28N2O/c26-23(21-11-9-20(10-12-21)22-13-14-24-15-22)25(17-19-7-4-8-19)16-18-5-2-1-3-6-18/h1-3,5-6,9-12,19,22,24H,4,7-8,13-17H2/t22-/m0/s1. The summed E-state index contributed by atoms with van der Waals surface area (Å²) in [5.74, 6) is 1.43. The number of hydrogen-bond acceptors (Lipinski definition) is 2. The van der Waals surface area contributed by atoms with Gasteiger partial charge in [0.05, 0.1) is 0 Å². The Labute approximate surface area is 156 Å². The van der Waals surface area contributed by atoms with Crippen LogP contribution < -0.4 is 5.32 Å². The Morgan fingerprint density at radius 1 is 1.00 bits per heavy atom. The molecule has 0 radical (unpaired) electrons. The zero-order chi connectivity index (χ0) is 17.8. The summed E-state index contributed by atoms with van der Waals surface area (Å²) in [6.45, 7) is 3.72. The molecule has 2 aromatic carbocycles. The van der Waals surface area contributed by atoms with Gasteiger partial charge in [0.1, 0.15) is 0 Å². The third-order valence-corrected chi connectivity index (χ3v) is 5.90. The van der Waals surface area contributed by atoms with Crippen molar-refractivity contribution in [2.24, 2.45) is 5.92 Å². The molecule has 26 heavy (non-hydrogen) atoms. The fourth-order valence-corrected chi connectivity index (χ4v) is 4.03. The molecule has 2 aliphatic rings. The minimum Gasteiger partial charge on any atom is -0.334 e. The van der Waals surface area contributed by atoms with E-state index in [-0.39, 0.29) is 5.91 Å². The van der Waals surface area contributed by atoms with Crippen LogP contribution in [0.5, 0.6) is 0 Å². The maximum Gasteiger partial charge on any atom is 0.254 e. The Balaban J connectivity index is 1.49. The first-order valence-electron chi connectivity index (χ1n) is 9.93. The molecule has 1 aliphatic heterocycles. The Hall–Kier alpha value is -2.13. The van der Waals surface area contributed by atoms with Gasteiger partial charge >= 0.3 is 0 Å². The predicted molar refractivity (Wildman–Crippen MR) is 105 cm³/mol. The SMILES string of the molecule is O=C(c1ccc([C@H]2CCNC2)cc1)N(Cc1ccccc1)CC1CCC1. The zero-order valence-electron chi connectivity index (χ0n) is 15.4. The van der Waals surface area contributed by atoms with Gasteiger partial charge in [-0.3, -0.25) is 4.79 Å². The molecule has 0 aromatic heterocycles. The number of nitrogens with zero attached hydrogens (tertiary/aromatic N) is 1. The van der Waals surface area contributed by atoms with Crippen LogP contribution in [0.1, 0.15) is 53.1 Å². The lowest BCUT2D eigenvalue weighted by Gasteiger charge is -2.32. The van der Waals surface area contributed by atoms with Crippen LogP contribution in [0.2, 0.25) is 0 Å². The van der Waals surface area contributed by atoms with Gasteiger partial charge in [0.25, 0.3) is 5.91 Å². The number of carbonyl (C=O) groups is 1. The molecule has 1 amide bonds. The van der Waals surface area contributed by atoms with E-state index in [0.29, 0.717) is 18.4 Å². The number of carbonyl (C=O) groups excluding carboxylic acids is 1. The van der Waals surface area contributed by atoms with Gasteiger partial charge < -0.3 is 10.2 Å². The monoisotopic (exact) mass is 348 g/mol. The van der Waals surface area contributed by atoms with Crippen molar-refractivity contribution in [3.63, 3.8) is 0 Å². The molecule has 2 fully saturated rings. The average Bonchev–Trinajstić information content (AvgIpc) is 3.19. The molecule has 0 spiro atoms. The predicted octanol–water partition coefficient (Wildman–Crippen LogP) is 4.21. The average molecular weight is 348 g/mol. The lowest BCUT2D eigenvalue weighted by Crippen LogP contribution is -2.37. The van der Waals surface area contributed by atoms with E-state index in [9.17, 15) is 4.79 Å². The van der Waals surface area contributed by atoms with Crippen molar-refractivity contribution >= 4 is 5.91 Å². The van der Waals surface area contributed by atoms with Crippen LogP contribution in [0.15, 0.2) is 54.6 Å². The highest BCUT2D eigenvalue weighted by molar-refractivity contribution is 5.94. The normalized spacial score (nSPS) is 19.9. The second-order valence-corrected chi connectivity index (χ2v) is 7.78. The fraction of sp³-hybridized carbons (Fsp3) is 0.435. The Morgan fingerprint density at radius 2 is 1.77 bits per heavy atom. The Morgan fingerprint density at radius 3 is 2.38 bits per heavy atom. The van der Waals surface area contributed by atoms with Gasteiger partial charge in [0.2, 0.25) is 0 Å². The summed E-state index contributed by atoms with van der Waals surface area (Å²) in [4.78, 5) is 15.2. The van der Waals surface area contributed by atoms with Gasteiger partial charge in [-0.1, -0.05) is 48.9 Å². The molecule has 1 saturated heterocycles. The van der Waals surface area contributed by atoms with Crippen LogP contribution in [0, 0.1) is 5.92 Å². The molecule has 136 valence electrons. The smallest absolute Gasteiger partial charge is 0.254 e.